The van der Waals surface area contributed by atoms with E-state index in [1.165, 1.54) is 0 Å². The van der Waals surface area contributed by atoms with Gasteiger partial charge in [-0.1, -0.05) is 18.2 Å². The fourth-order valence-corrected chi connectivity index (χ4v) is 1.70. The van der Waals surface area contributed by atoms with Crippen molar-refractivity contribution >= 4 is 5.91 Å². The van der Waals surface area contributed by atoms with Crippen molar-refractivity contribution in [2.45, 2.75) is 19.6 Å². The molecule has 0 aliphatic carbocycles. The minimum atomic E-state index is -0.416. The van der Waals surface area contributed by atoms with Gasteiger partial charge >= 0.3 is 0 Å². The van der Waals surface area contributed by atoms with Crippen LogP contribution in [0.1, 0.15) is 22.8 Å². The lowest BCUT2D eigenvalue weighted by atomic mass is 10.1. The maximum atomic E-state index is 11.2. The second kappa shape index (κ2) is 5.63. The number of benzene rings is 1. The summed E-state index contributed by atoms with van der Waals surface area (Å²) in [5, 5.41) is 9.25. The first-order valence-corrected chi connectivity index (χ1v) is 5.25. The number of amides is 1. The Bertz CT molecular complexity index is 364. The molecule has 0 aliphatic rings. The van der Waals surface area contributed by atoms with Crippen molar-refractivity contribution in [3.8, 4) is 0 Å². The zero-order valence-corrected chi connectivity index (χ0v) is 9.68. The molecule has 0 bridgehead atoms. The fraction of sp³-hybridized carbons (Fsp3) is 0.417. The Morgan fingerprint density at radius 1 is 1.50 bits per heavy atom. The molecule has 0 aromatic heterocycles. The van der Waals surface area contributed by atoms with E-state index in [0.29, 0.717) is 18.7 Å². The number of carbonyl (C=O) groups is 1. The summed E-state index contributed by atoms with van der Waals surface area (Å²) in [4.78, 5) is 13.1. The molecule has 1 aromatic carbocycles. The Balaban J connectivity index is 2.76. The predicted molar refractivity (Wildman–Crippen MR) is 63.0 cm³/mol. The van der Waals surface area contributed by atoms with Gasteiger partial charge in [-0.3, -0.25) is 9.69 Å². The second-order valence-corrected chi connectivity index (χ2v) is 4.07. The van der Waals surface area contributed by atoms with Gasteiger partial charge in [0.2, 0.25) is 5.91 Å². The van der Waals surface area contributed by atoms with Crippen molar-refractivity contribution in [1.29, 1.82) is 0 Å². The maximum absolute atomic E-state index is 11.2. The molecule has 16 heavy (non-hydrogen) atoms. The normalized spacial score (nSPS) is 12.8. The van der Waals surface area contributed by atoms with Gasteiger partial charge in [-0.25, -0.2) is 0 Å². The highest BCUT2D eigenvalue weighted by Gasteiger charge is 2.10. The molecular weight excluding hydrogens is 204 g/mol. The molecule has 0 heterocycles. The van der Waals surface area contributed by atoms with E-state index >= 15 is 0 Å². The number of rotatable bonds is 5. The van der Waals surface area contributed by atoms with Crippen LogP contribution < -0.4 is 5.73 Å². The highest BCUT2D eigenvalue weighted by atomic mass is 16.3. The molecular formula is C12H18N2O2. The first-order valence-electron chi connectivity index (χ1n) is 5.25. The van der Waals surface area contributed by atoms with Gasteiger partial charge in [0.05, 0.1) is 6.10 Å². The molecule has 4 heteroatoms. The lowest BCUT2D eigenvalue weighted by Crippen LogP contribution is -2.28. The molecule has 3 N–H and O–H groups in total. The van der Waals surface area contributed by atoms with Crippen LogP contribution in [0.15, 0.2) is 24.3 Å². The molecule has 0 saturated carbocycles. The summed E-state index contributed by atoms with van der Waals surface area (Å²) >= 11 is 0. The Morgan fingerprint density at radius 2 is 2.12 bits per heavy atom. The number of nitrogens with two attached hydrogens (primary N) is 1. The molecule has 4 nitrogen and oxygen atoms in total. The van der Waals surface area contributed by atoms with Crippen LogP contribution in [0.2, 0.25) is 0 Å². The summed E-state index contributed by atoms with van der Waals surface area (Å²) in [5.41, 5.74) is 6.71. The summed E-state index contributed by atoms with van der Waals surface area (Å²) in [6.45, 7) is 2.90. The Morgan fingerprint density at radius 3 is 2.69 bits per heavy atom. The van der Waals surface area contributed by atoms with E-state index in [4.69, 9.17) is 5.73 Å². The van der Waals surface area contributed by atoms with Crippen LogP contribution in [-0.2, 0) is 6.54 Å². The van der Waals surface area contributed by atoms with E-state index in [1.54, 1.807) is 19.1 Å². The molecule has 1 atom stereocenters. The van der Waals surface area contributed by atoms with Crippen LogP contribution in [0.3, 0.4) is 0 Å². The molecule has 0 radical (unpaired) electrons. The average molecular weight is 222 g/mol. The summed E-state index contributed by atoms with van der Waals surface area (Å²) in [6, 6.07) is 7.25. The number of aliphatic hydroxyl groups excluding tert-OH is 1. The van der Waals surface area contributed by atoms with Gasteiger partial charge in [-0.05, 0) is 25.6 Å². The minimum absolute atomic E-state index is 0.384. The third kappa shape index (κ3) is 3.64. The third-order valence-electron chi connectivity index (χ3n) is 2.30. The summed E-state index contributed by atoms with van der Waals surface area (Å²) in [7, 11) is 1.89. The summed E-state index contributed by atoms with van der Waals surface area (Å²) < 4.78 is 0. The lowest BCUT2D eigenvalue weighted by Gasteiger charge is -2.19. The van der Waals surface area contributed by atoms with Crippen LogP contribution in [-0.4, -0.2) is 35.6 Å². The summed E-state index contributed by atoms with van der Waals surface area (Å²) in [6.07, 6.45) is -0.384. The monoisotopic (exact) mass is 222 g/mol. The van der Waals surface area contributed by atoms with Crippen molar-refractivity contribution in [2.75, 3.05) is 13.6 Å². The van der Waals surface area contributed by atoms with Gasteiger partial charge in [0.25, 0.3) is 0 Å². The molecule has 0 spiro atoms. The Labute approximate surface area is 95.7 Å². The Hall–Kier alpha value is -1.39. The average Bonchev–Trinajstić information content (AvgIpc) is 2.16. The van der Waals surface area contributed by atoms with Crippen LogP contribution in [0.5, 0.6) is 0 Å². The number of nitrogens with zero attached hydrogens (tertiary/aromatic N) is 1. The Kier molecular flexibility index (Phi) is 4.46. The van der Waals surface area contributed by atoms with Crippen LogP contribution in [0.25, 0.3) is 0 Å². The smallest absolute Gasteiger partial charge is 0.249 e. The first-order chi connectivity index (χ1) is 7.50. The van der Waals surface area contributed by atoms with Crippen molar-refractivity contribution in [3.05, 3.63) is 35.4 Å². The van der Waals surface area contributed by atoms with E-state index in [9.17, 15) is 9.90 Å². The molecule has 1 aromatic rings. The van der Waals surface area contributed by atoms with Crippen molar-refractivity contribution < 1.29 is 9.90 Å². The quantitative estimate of drug-likeness (QED) is 0.766. The standard InChI is InChI=1S/C12H18N2O2/c1-9(15)7-14(2)8-10-5-3-4-6-11(10)12(13)16/h3-6,9,15H,7-8H2,1-2H3,(H2,13,16). The van der Waals surface area contributed by atoms with E-state index in [2.05, 4.69) is 0 Å². The molecule has 1 unspecified atom stereocenters. The molecule has 1 amide bonds. The van der Waals surface area contributed by atoms with Gasteiger partial charge in [-0.2, -0.15) is 0 Å². The number of hydrogen-bond acceptors (Lipinski definition) is 3. The van der Waals surface area contributed by atoms with Crippen molar-refractivity contribution in [2.24, 2.45) is 5.73 Å². The number of likely N-dealkylation sites (N-methyl/N-ethyl adjacent to an activating group) is 1. The first kappa shape index (κ1) is 12.7. The topological polar surface area (TPSA) is 66.6 Å². The minimum Gasteiger partial charge on any atom is -0.392 e. The van der Waals surface area contributed by atoms with Gasteiger partial charge < -0.3 is 10.8 Å². The number of hydrogen-bond donors (Lipinski definition) is 2. The van der Waals surface area contributed by atoms with E-state index in [-0.39, 0.29) is 6.10 Å². The van der Waals surface area contributed by atoms with Gasteiger partial charge in [0.15, 0.2) is 0 Å². The molecule has 0 aliphatic heterocycles. The zero-order chi connectivity index (χ0) is 12.1. The van der Waals surface area contributed by atoms with Crippen molar-refractivity contribution in [3.63, 3.8) is 0 Å². The van der Waals surface area contributed by atoms with Crippen LogP contribution in [0.4, 0.5) is 0 Å². The highest BCUT2D eigenvalue weighted by Crippen LogP contribution is 2.10. The predicted octanol–water partition coefficient (Wildman–Crippen LogP) is 0.598. The highest BCUT2D eigenvalue weighted by molar-refractivity contribution is 5.94. The second-order valence-electron chi connectivity index (χ2n) is 4.07. The van der Waals surface area contributed by atoms with Gasteiger partial charge in [0, 0.05) is 18.7 Å². The van der Waals surface area contributed by atoms with Gasteiger partial charge in [-0.15, -0.1) is 0 Å². The molecule has 1 rings (SSSR count). The van der Waals surface area contributed by atoms with Crippen molar-refractivity contribution in [1.82, 2.24) is 4.90 Å². The molecule has 88 valence electrons. The SMILES string of the molecule is CC(O)CN(C)Cc1ccccc1C(N)=O. The largest absolute Gasteiger partial charge is 0.392 e. The zero-order valence-electron chi connectivity index (χ0n) is 9.68. The summed E-state index contributed by atoms with van der Waals surface area (Å²) in [5.74, 6) is -0.416. The fourth-order valence-electron chi connectivity index (χ4n) is 1.70. The lowest BCUT2D eigenvalue weighted by molar-refractivity contribution is 0.0998. The van der Waals surface area contributed by atoms with Crippen LogP contribution >= 0.6 is 0 Å². The number of aliphatic hydroxyl groups is 1. The maximum Gasteiger partial charge on any atom is 0.249 e. The van der Waals surface area contributed by atoms with E-state index < -0.39 is 5.91 Å². The van der Waals surface area contributed by atoms with E-state index in [1.807, 2.05) is 24.1 Å². The third-order valence-corrected chi connectivity index (χ3v) is 2.30. The van der Waals surface area contributed by atoms with Crippen LogP contribution in [0, 0.1) is 0 Å². The molecule has 0 fully saturated rings. The number of carbonyl (C=O) groups excluding carboxylic acids is 1. The van der Waals surface area contributed by atoms with Gasteiger partial charge in [0.1, 0.15) is 0 Å². The van der Waals surface area contributed by atoms with E-state index in [0.717, 1.165) is 5.56 Å². The number of primary amides is 1. The molecule has 0 saturated heterocycles.